The number of unbranched alkanes of at least 4 members (excludes halogenated alkanes) is 1. The fraction of sp³-hybridized carbons (Fsp3) is 0.360. The molecule has 1 amide bonds. The van der Waals surface area contributed by atoms with Crippen molar-refractivity contribution < 1.29 is 14.7 Å². The number of aldehydes is 1. The second kappa shape index (κ2) is 10.4. The number of aromatic amines is 1. The topological polar surface area (TPSA) is 117 Å². The summed E-state index contributed by atoms with van der Waals surface area (Å²) in [4.78, 5) is 43.1. The minimum Gasteiger partial charge on any atom is -0.388 e. The Morgan fingerprint density at radius 2 is 2.06 bits per heavy atom. The van der Waals surface area contributed by atoms with Crippen LogP contribution >= 0.6 is 0 Å². The second-order valence-electron chi connectivity index (χ2n) is 9.05. The van der Waals surface area contributed by atoms with Crippen LogP contribution in [0.15, 0.2) is 53.5 Å². The van der Waals surface area contributed by atoms with Gasteiger partial charge in [0.1, 0.15) is 17.8 Å². The van der Waals surface area contributed by atoms with Crippen LogP contribution in [0.1, 0.15) is 57.5 Å². The van der Waals surface area contributed by atoms with Crippen LogP contribution in [0, 0.1) is 5.41 Å². The first-order valence-corrected chi connectivity index (χ1v) is 11.0. The lowest BCUT2D eigenvalue weighted by Gasteiger charge is -2.26. The van der Waals surface area contributed by atoms with Crippen LogP contribution in [0.2, 0.25) is 0 Å². The predicted molar refractivity (Wildman–Crippen MR) is 128 cm³/mol. The molecule has 1 atom stereocenters. The molecule has 2 heterocycles. The highest BCUT2D eigenvalue weighted by Gasteiger charge is 2.26. The number of H-pyrrole nitrogens is 1. The molecule has 0 spiro atoms. The molecule has 8 heteroatoms. The third-order valence-corrected chi connectivity index (χ3v) is 5.32. The fourth-order valence-corrected chi connectivity index (χ4v) is 3.54. The molecule has 0 aliphatic rings. The van der Waals surface area contributed by atoms with E-state index in [-0.39, 0.29) is 35.5 Å². The van der Waals surface area contributed by atoms with Gasteiger partial charge in [0.2, 0.25) is 5.91 Å². The Morgan fingerprint density at radius 1 is 1.27 bits per heavy atom. The number of allylic oxidation sites excluding steroid dienone is 2. The third kappa shape index (κ3) is 6.04. The predicted octanol–water partition coefficient (Wildman–Crippen LogP) is 3.72. The van der Waals surface area contributed by atoms with Gasteiger partial charge in [-0.1, -0.05) is 39.0 Å². The maximum Gasteiger partial charge on any atom is 0.274 e. The van der Waals surface area contributed by atoms with Crippen molar-refractivity contribution in [1.29, 1.82) is 0 Å². The van der Waals surface area contributed by atoms with Gasteiger partial charge in [-0.3, -0.25) is 14.4 Å². The summed E-state index contributed by atoms with van der Waals surface area (Å²) >= 11 is 0. The van der Waals surface area contributed by atoms with Gasteiger partial charge in [0, 0.05) is 18.2 Å². The standard InChI is InChI=1S/C25H30N4O4/c1-25(2,3)23(32)17-10-8-11-18-22(17)28-20(26-18)16-29-14-9-12-19(24(29)33)27-21(31)13-6-4-5-7-15-30/h5,7-12,14-15,23,32H,4,6,13,16H2,1-3H3,(H,26,28)(H,27,31)/b7-5+. The van der Waals surface area contributed by atoms with Crippen LogP contribution in [-0.2, 0) is 16.1 Å². The van der Waals surface area contributed by atoms with Crippen molar-refractivity contribution in [2.75, 3.05) is 5.32 Å². The molecule has 3 N–H and O–H groups in total. The Kier molecular flexibility index (Phi) is 7.60. The van der Waals surface area contributed by atoms with E-state index >= 15 is 0 Å². The number of aliphatic hydroxyl groups excluding tert-OH is 1. The smallest absolute Gasteiger partial charge is 0.274 e. The summed E-state index contributed by atoms with van der Waals surface area (Å²) in [6.45, 7) is 6.10. The monoisotopic (exact) mass is 450 g/mol. The molecule has 2 aromatic heterocycles. The summed E-state index contributed by atoms with van der Waals surface area (Å²) in [7, 11) is 0. The SMILES string of the molecule is CC(C)(C)C(O)c1cccc2nc(Cn3cccc(NC(=O)CCC/C=C/C=O)c3=O)[nH]c12. The van der Waals surface area contributed by atoms with Gasteiger partial charge < -0.3 is 20.0 Å². The first-order valence-electron chi connectivity index (χ1n) is 11.0. The number of para-hydroxylation sites is 1. The molecule has 1 aromatic carbocycles. The van der Waals surface area contributed by atoms with Crippen molar-refractivity contribution in [2.45, 2.75) is 52.7 Å². The Labute approximate surface area is 192 Å². The van der Waals surface area contributed by atoms with E-state index in [4.69, 9.17) is 0 Å². The van der Waals surface area contributed by atoms with Crippen LogP contribution in [0.4, 0.5) is 5.69 Å². The number of pyridine rings is 1. The lowest BCUT2D eigenvalue weighted by molar-refractivity contribution is -0.116. The van der Waals surface area contributed by atoms with Crippen molar-refractivity contribution in [3.8, 4) is 0 Å². The number of carbonyl (C=O) groups excluding carboxylic acids is 2. The van der Waals surface area contributed by atoms with Gasteiger partial charge in [-0.05, 0) is 42.5 Å². The molecule has 174 valence electrons. The fourth-order valence-electron chi connectivity index (χ4n) is 3.54. The molecule has 0 saturated carbocycles. The number of fused-ring (bicyclic) bond motifs is 1. The number of aliphatic hydroxyl groups is 1. The highest BCUT2D eigenvalue weighted by atomic mass is 16.3. The summed E-state index contributed by atoms with van der Waals surface area (Å²) in [5.41, 5.74) is 1.75. The lowest BCUT2D eigenvalue weighted by atomic mass is 9.84. The molecule has 0 bridgehead atoms. The van der Waals surface area contributed by atoms with Crippen molar-refractivity contribution in [1.82, 2.24) is 14.5 Å². The maximum atomic E-state index is 12.9. The van der Waals surface area contributed by atoms with Crippen molar-refractivity contribution in [3.05, 3.63) is 70.4 Å². The van der Waals surface area contributed by atoms with Crippen LogP contribution in [0.25, 0.3) is 11.0 Å². The first-order chi connectivity index (χ1) is 15.7. The van der Waals surface area contributed by atoms with Crippen molar-refractivity contribution in [2.24, 2.45) is 5.41 Å². The molecule has 3 rings (SSSR count). The average molecular weight is 451 g/mol. The summed E-state index contributed by atoms with van der Waals surface area (Å²) in [5.74, 6) is 0.319. The number of hydrogen-bond acceptors (Lipinski definition) is 5. The van der Waals surface area contributed by atoms with Gasteiger partial charge in [-0.2, -0.15) is 0 Å². The van der Waals surface area contributed by atoms with Crippen LogP contribution < -0.4 is 10.9 Å². The zero-order valence-electron chi connectivity index (χ0n) is 19.2. The maximum absolute atomic E-state index is 12.9. The zero-order valence-corrected chi connectivity index (χ0v) is 19.2. The summed E-state index contributed by atoms with van der Waals surface area (Å²) in [6.07, 6.45) is 6.21. The van der Waals surface area contributed by atoms with Gasteiger partial charge in [0.15, 0.2) is 0 Å². The van der Waals surface area contributed by atoms with Crippen molar-refractivity contribution >= 4 is 28.9 Å². The zero-order chi connectivity index (χ0) is 24.0. The number of carbonyl (C=O) groups is 2. The molecular formula is C25H30N4O4. The lowest BCUT2D eigenvalue weighted by Crippen LogP contribution is -2.26. The third-order valence-electron chi connectivity index (χ3n) is 5.32. The van der Waals surface area contributed by atoms with E-state index in [0.29, 0.717) is 30.5 Å². The van der Waals surface area contributed by atoms with Gasteiger partial charge in [-0.15, -0.1) is 0 Å². The van der Waals surface area contributed by atoms with E-state index in [1.54, 1.807) is 24.4 Å². The number of amides is 1. The van der Waals surface area contributed by atoms with Crippen LogP contribution in [0.3, 0.4) is 0 Å². The van der Waals surface area contributed by atoms with E-state index in [9.17, 15) is 19.5 Å². The molecule has 3 aromatic rings. The van der Waals surface area contributed by atoms with E-state index in [1.807, 2.05) is 39.0 Å². The van der Waals surface area contributed by atoms with Crippen LogP contribution in [0.5, 0.6) is 0 Å². The first kappa shape index (κ1) is 24.1. The molecule has 8 nitrogen and oxygen atoms in total. The largest absolute Gasteiger partial charge is 0.388 e. The van der Waals surface area contributed by atoms with Crippen molar-refractivity contribution in [3.63, 3.8) is 0 Å². The van der Waals surface area contributed by atoms with Gasteiger partial charge >= 0.3 is 0 Å². The highest BCUT2D eigenvalue weighted by molar-refractivity contribution is 5.90. The minimum absolute atomic E-state index is 0.193. The van der Waals surface area contributed by atoms with Gasteiger partial charge in [0.05, 0.1) is 23.7 Å². The molecule has 0 saturated heterocycles. The summed E-state index contributed by atoms with van der Waals surface area (Å²) < 4.78 is 1.47. The molecule has 33 heavy (non-hydrogen) atoms. The highest BCUT2D eigenvalue weighted by Crippen LogP contribution is 2.35. The summed E-state index contributed by atoms with van der Waals surface area (Å²) in [5, 5.41) is 13.4. The Morgan fingerprint density at radius 3 is 2.79 bits per heavy atom. The number of anilines is 1. The van der Waals surface area contributed by atoms with Gasteiger partial charge in [0.25, 0.3) is 5.56 Å². The molecule has 0 radical (unpaired) electrons. The number of imidazole rings is 1. The van der Waals surface area contributed by atoms with Gasteiger partial charge in [-0.25, -0.2) is 4.98 Å². The number of aromatic nitrogens is 3. The average Bonchev–Trinajstić information content (AvgIpc) is 3.18. The normalized spacial score (nSPS) is 12.8. The number of benzene rings is 1. The second-order valence-corrected chi connectivity index (χ2v) is 9.05. The Bertz CT molecular complexity index is 1220. The van der Waals surface area contributed by atoms with E-state index in [0.717, 1.165) is 11.1 Å². The number of rotatable bonds is 9. The number of hydrogen-bond donors (Lipinski definition) is 3. The molecule has 0 fully saturated rings. The molecule has 0 aliphatic heterocycles. The van der Waals surface area contributed by atoms with Crippen LogP contribution in [-0.4, -0.2) is 31.8 Å². The summed E-state index contributed by atoms with van der Waals surface area (Å²) in [6, 6.07) is 8.85. The van der Waals surface area contributed by atoms with E-state index in [2.05, 4.69) is 15.3 Å². The quantitative estimate of drug-likeness (QED) is 0.261. The van der Waals surface area contributed by atoms with E-state index < -0.39 is 6.10 Å². The molecular weight excluding hydrogens is 420 g/mol. The molecule has 0 aliphatic carbocycles. The molecule has 1 unspecified atom stereocenters. The Balaban J connectivity index is 1.76. The van der Waals surface area contributed by atoms with E-state index in [1.165, 1.54) is 10.6 Å². The number of nitrogens with one attached hydrogen (secondary N) is 2. The minimum atomic E-state index is -0.676. The number of nitrogens with zero attached hydrogens (tertiary/aromatic N) is 2. The Hall–Kier alpha value is -3.52.